The number of aryl methyl sites for hydroxylation is 1. The van der Waals surface area contributed by atoms with Gasteiger partial charge in [-0.3, -0.25) is 4.90 Å². The molecule has 1 unspecified atom stereocenters. The number of halogens is 1. The van der Waals surface area contributed by atoms with Crippen molar-refractivity contribution in [3.05, 3.63) is 119 Å². The molecule has 1 atom stereocenters. The molecule has 0 fully saturated rings. The summed E-state index contributed by atoms with van der Waals surface area (Å²) in [5, 5.41) is 4.75. The molecule has 3 aromatic carbocycles. The zero-order chi connectivity index (χ0) is 27.3. The van der Waals surface area contributed by atoms with Gasteiger partial charge in [0.25, 0.3) is 0 Å². The summed E-state index contributed by atoms with van der Waals surface area (Å²) in [5.74, 6) is -0.223. The highest BCUT2D eigenvalue weighted by Gasteiger charge is 2.09. The first-order valence-corrected chi connectivity index (χ1v) is 14.7. The van der Waals surface area contributed by atoms with Crippen molar-refractivity contribution in [2.45, 2.75) is 45.8 Å². The van der Waals surface area contributed by atoms with E-state index in [0.29, 0.717) is 13.2 Å². The van der Waals surface area contributed by atoms with E-state index in [1.807, 2.05) is 18.4 Å². The van der Waals surface area contributed by atoms with E-state index in [9.17, 15) is 4.39 Å². The van der Waals surface area contributed by atoms with Crippen LogP contribution in [-0.2, 0) is 30.7 Å². The Kier molecular flexibility index (Phi) is 11.6. The van der Waals surface area contributed by atoms with E-state index in [2.05, 4.69) is 68.9 Å². The van der Waals surface area contributed by atoms with E-state index in [1.165, 1.54) is 34.2 Å². The zero-order valence-electron chi connectivity index (χ0n) is 22.9. The highest BCUT2D eigenvalue weighted by atomic mass is 31.0. The molecule has 0 spiro atoms. The van der Waals surface area contributed by atoms with Crippen LogP contribution in [0.1, 0.15) is 42.0 Å². The van der Waals surface area contributed by atoms with Crippen molar-refractivity contribution >= 4 is 20.2 Å². The largest absolute Gasteiger partial charge is 0.464 e. The van der Waals surface area contributed by atoms with Gasteiger partial charge in [0.15, 0.2) is 0 Å². The molecule has 0 bridgehead atoms. The number of nitrogens with one attached hydrogen (secondary N) is 1. The first-order chi connectivity index (χ1) is 19.1. The summed E-state index contributed by atoms with van der Waals surface area (Å²) in [6, 6.07) is 23.7. The van der Waals surface area contributed by atoms with Crippen molar-refractivity contribution in [3.8, 4) is 0 Å². The van der Waals surface area contributed by atoms with Gasteiger partial charge in [-0.2, -0.15) is 0 Å². The van der Waals surface area contributed by atoms with E-state index in [0.717, 1.165) is 68.4 Å². The Labute approximate surface area is 234 Å². The van der Waals surface area contributed by atoms with E-state index >= 15 is 0 Å². The molecule has 4 aromatic rings. The van der Waals surface area contributed by atoms with Crippen LogP contribution in [0.4, 0.5) is 4.39 Å². The van der Waals surface area contributed by atoms with Crippen molar-refractivity contribution in [2.24, 2.45) is 0 Å². The van der Waals surface area contributed by atoms with Crippen molar-refractivity contribution < 1.29 is 13.5 Å². The molecular weight excluding hydrogens is 506 g/mol. The van der Waals surface area contributed by atoms with Gasteiger partial charge in [-0.25, -0.2) is 4.39 Å². The van der Waals surface area contributed by atoms with E-state index < -0.39 is 0 Å². The predicted octanol–water partition coefficient (Wildman–Crippen LogP) is 7.48. The lowest BCUT2D eigenvalue weighted by Crippen LogP contribution is -2.24. The topological polar surface area (TPSA) is 37.6 Å². The number of rotatable bonds is 16. The molecule has 0 saturated heterocycles. The minimum absolute atomic E-state index is 0.223. The molecule has 0 aliphatic rings. The predicted molar refractivity (Wildman–Crippen MR) is 162 cm³/mol. The first-order valence-electron chi connectivity index (χ1n) is 13.8. The van der Waals surface area contributed by atoms with Crippen LogP contribution in [0.5, 0.6) is 0 Å². The van der Waals surface area contributed by atoms with Crippen molar-refractivity contribution in [1.29, 1.82) is 0 Å². The number of ether oxygens (including phenoxy) is 1. The molecule has 206 valence electrons. The maximum absolute atomic E-state index is 13.1. The molecule has 0 saturated carbocycles. The molecule has 0 amide bonds. The Morgan fingerprint density at radius 2 is 1.72 bits per heavy atom. The maximum Gasteiger partial charge on any atom is 0.134 e. The van der Waals surface area contributed by atoms with Gasteiger partial charge < -0.3 is 14.5 Å². The van der Waals surface area contributed by atoms with Gasteiger partial charge >= 0.3 is 0 Å². The van der Waals surface area contributed by atoms with Gasteiger partial charge in [-0.05, 0) is 66.1 Å². The van der Waals surface area contributed by atoms with Crippen molar-refractivity contribution in [1.82, 2.24) is 10.2 Å². The fourth-order valence-corrected chi connectivity index (χ4v) is 4.95. The van der Waals surface area contributed by atoms with Crippen LogP contribution < -0.4 is 5.32 Å². The molecule has 0 radical (unpaired) electrons. The Morgan fingerprint density at radius 3 is 2.49 bits per heavy atom. The molecule has 1 aromatic heterocycles. The average Bonchev–Trinajstić information content (AvgIpc) is 3.38. The summed E-state index contributed by atoms with van der Waals surface area (Å²) in [6.45, 7) is 5.95. The summed E-state index contributed by atoms with van der Waals surface area (Å²) in [7, 11) is 2.87. The van der Waals surface area contributed by atoms with Gasteiger partial charge in [0, 0.05) is 37.0 Å². The Hall–Kier alpha value is -2.98. The molecule has 1 heterocycles. The van der Waals surface area contributed by atoms with Crippen LogP contribution in [0.25, 0.3) is 11.0 Å². The highest BCUT2D eigenvalue weighted by Crippen LogP contribution is 2.21. The summed E-state index contributed by atoms with van der Waals surface area (Å²) >= 11 is 0. The highest BCUT2D eigenvalue weighted by molar-refractivity contribution is 7.16. The van der Waals surface area contributed by atoms with E-state index in [1.54, 1.807) is 12.1 Å². The number of fused-ring (bicyclic) bond motifs is 1. The molecule has 0 aliphatic heterocycles. The third kappa shape index (κ3) is 9.32. The lowest BCUT2D eigenvalue weighted by atomic mass is 10.1. The van der Waals surface area contributed by atoms with Gasteiger partial charge in [0.1, 0.15) is 11.4 Å². The summed E-state index contributed by atoms with van der Waals surface area (Å²) in [5.41, 5.74) is 7.01. The summed E-state index contributed by atoms with van der Waals surface area (Å²) in [4.78, 5) is 2.45. The monoisotopic (exact) mass is 546 g/mol. The minimum Gasteiger partial charge on any atom is -0.464 e. The molecule has 0 aliphatic carbocycles. The van der Waals surface area contributed by atoms with E-state index in [-0.39, 0.29) is 5.82 Å². The average molecular weight is 547 g/mol. The molecule has 39 heavy (non-hydrogen) atoms. The summed E-state index contributed by atoms with van der Waals surface area (Å²) in [6.07, 6.45) is 9.02. The number of hydrogen-bond acceptors (Lipinski definition) is 4. The fraction of sp³-hybridized carbons (Fsp3) is 0.333. The molecule has 6 heteroatoms. The quantitative estimate of drug-likeness (QED) is 0.117. The van der Waals surface area contributed by atoms with Crippen LogP contribution in [0.2, 0.25) is 0 Å². The van der Waals surface area contributed by atoms with Gasteiger partial charge in [0.2, 0.25) is 0 Å². The first kappa shape index (κ1) is 29.0. The third-order valence-electron chi connectivity index (χ3n) is 6.83. The van der Waals surface area contributed by atoms with Crippen molar-refractivity contribution in [2.75, 3.05) is 26.0 Å². The van der Waals surface area contributed by atoms with Crippen LogP contribution in [0, 0.1) is 5.82 Å². The second kappa shape index (κ2) is 15.6. The van der Waals surface area contributed by atoms with Gasteiger partial charge in [-0.15, -0.1) is 9.24 Å². The third-order valence-corrected chi connectivity index (χ3v) is 7.35. The molecule has 4 rings (SSSR count). The number of allylic oxidation sites excluding steroid dienone is 1. The number of furan rings is 1. The van der Waals surface area contributed by atoms with Crippen LogP contribution >= 0.6 is 9.24 Å². The summed E-state index contributed by atoms with van der Waals surface area (Å²) < 4.78 is 24.6. The lowest BCUT2D eigenvalue weighted by molar-refractivity contribution is 0.138. The van der Waals surface area contributed by atoms with Gasteiger partial charge in [-0.1, -0.05) is 67.6 Å². The van der Waals surface area contributed by atoms with Crippen LogP contribution in [-0.4, -0.2) is 30.9 Å². The van der Waals surface area contributed by atoms with Crippen molar-refractivity contribution in [3.63, 3.8) is 0 Å². The number of nitrogens with zero attached hydrogens (tertiary/aromatic N) is 1. The van der Waals surface area contributed by atoms with Crippen LogP contribution in [0.15, 0.2) is 95.2 Å². The molecule has 1 N–H and O–H groups in total. The molecule has 4 nitrogen and oxygen atoms in total. The Morgan fingerprint density at radius 1 is 0.974 bits per heavy atom. The second-order valence-corrected chi connectivity index (χ2v) is 10.2. The minimum atomic E-state index is -0.223. The second-order valence-electron chi connectivity index (χ2n) is 9.85. The smallest absolute Gasteiger partial charge is 0.134 e. The fourth-order valence-electron chi connectivity index (χ4n) is 4.64. The number of benzene rings is 3. The van der Waals surface area contributed by atoms with E-state index in [4.69, 9.17) is 9.15 Å². The Bertz CT molecular complexity index is 1300. The van der Waals surface area contributed by atoms with Crippen LogP contribution in [0.3, 0.4) is 0 Å². The SMILES string of the molecule is CC/C=C(/COCc1ccc(F)cc1)NCCCc1ccc(CN(CP)CCc2coc3ccccc23)cc1. The molecular formula is C33H40FN2O2P. The number of para-hydroxylation sites is 1. The van der Waals surface area contributed by atoms with Gasteiger partial charge in [0.05, 0.1) is 19.5 Å². The Balaban J connectivity index is 1.16. The maximum atomic E-state index is 13.1. The zero-order valence-corrected chi connectivity index (χ0v) is 24.0. The normalized spacial score (nSPS) is 11.9. The standard InChI is InChI=1S/C33H40FN2O2P/c1-2-6-31(24-37-22-28-14-16-30(34)17-15-28)35-19-5-7-26-10-12-27(13-11-26)21-36(25-39)20-18-29-23-38-33-9-4-3-8-32(29)33/h3-4,6,8-17,23,35H,2,5,7,18-22,24-25,39H2,1H3/b31-6-. The lowest BCUT2D eigenvalue weighted by Gasteiger charge is -2.20. The number of hydrogen-bond donors (Lipinski definition) is 1.